The second-order valence-electron chi connectivity index (χ2n) is 4.74. The molecule has 0 saturated carbocycles. The molecule has 21 heavy (non-hydrogen) atoms. The van der Waals surface area contributed by atoms with Crippen molar-refractivity contribution in [2.45, 2.75) is 39.2 Å². The molecule has 1 aromatic carbocycles. The molecule has 118 valence electrons. The highest BCUT2D eigenvalue weighted by Crippen LogP contribution is 2.26. The number of hydroxylamine groups is 2. The van der Waals surface area contributed by atoms with Gasteiger partial charge in [-0.05, 0) is 24.1 Å². The highest BCUT2D eigenvalue weighted by molar-refractivity contribution is 5.66. The molecule has 0 aliphatic heterocycles. The third-order valence-corrected chi connectivity index (χ3v) is 3.01. The highest BCUT2D eigenvalue weighted by atomic mass is 16.6. The number of benzene rings is 1. The van der Waals surface area contributed by atoms with Crippen LogP contribution in [-0.2, 0) is 11.3 Å². The van der Waals surface area contributed by atoms with Crippen molar-refractivity contribution < 1.29 is 24.6 Å². The standard InChI is InChI=1S/C15H23NO5/c1-3-4-5-6-9-21-15(18)16(19)11-12-7-8-13(17)14(10-12)20-2/h7-8,10,17,19H,3-6,9,11H2,1-2H3. The summed E-state index contributed by atoms with van der Waals surface area (Å²) in [6, 6.07) is 4.58. The number of carbonyl (C=O) groups excluding carboxylic acids is 1. The van der Waals surface area contributed by atoms with Crippen LogP contribution in [0.3, 0.4) is 0 Å². The van der Waals surface area contributed by atoms with Gasteiger partial charge in [0.15, 0.2) is 11.5 Å². The smallest absolute Gasteiger partial charge is 0.434 e. The van der Waals surface area contributed by atoms with E-state index < -0.39 is 6.09 Å². The van der Waals surface area contributed by atoms with Gasteiger partial charge in [0.25, 0.3) is 0 Å². The number of hydrogen-bond donors (Lipinski definition) is 2. The fourth-order valence-electron chi connectivity index (χ4n) is 1.82. The third kappa shape index (κ3) is 5.91. The zero-order valence-corrected chi connectivity index (χ0v) is 12.5. The largest absolute Gasteiger partial charge is 0.504 e. The van der Waals surface area contributed by atoms with Gasteiger partial charge >= 0.3 is 6.09 Å². The number of nitrogens with zero attached hydrogens (tertiary/aromatic N) is 1. The van der Waals surface area contributed by atoms with Crippen molar-refractivity contribution >= 4 is 6.09 Å². The van der Waals surface area contributed by atoms with E-state index in [0.29, 0.717) is 17.2 Å². The topological polar surface area (TPSA) is 79.2 Å². The molecule has 0 aliphatic rings. The summed E-state index contributed by atoms with van der Waals surface area (Å²) in [7, 11) is 1.43. The summed E-state index contributed by atoms with van der Waals surface area (Å²) >= 11 is 0. The van der Waals surface area contributed by atoms with Gasteiger partial charge in [-0.3, -0.25) is 5.21 Å². The molecule has 1 rings (SSSR count). The summed E-state index contributed by atoms with van der Waals surface area (Å²) in [6.07, 6.45) is 3.24. The number of carbonyl (C=O) groups is 1. The Labute approximate surface area is 124 Å². The van der Waals surface area contributed by atoms with Crippen LogP contribution in [0.25, 0.3) is 0 Å². The monoisotopic (exact) mass is 297 g/mol. The van der Waals surface area contributed by atoms with E-state index in [9.17, 15) is 15.1 Å². The van der Waals surface area contributed by atoms with E-state index in [0.717, 1.165) is 25.7 Å². The first-order chi connectivity index (χ1) is 10.1. The van der Waals surface area contributed by atoms with Crippen LogP contribution in [0.5, 0.6) is 11.5 Å². The minimum absolute atomic E-state index is 0.00393. The summed E-state index contributed by atoms with van der Waals surface area (Å²) < 4.78 is 9.92. The van der Waals surface area contributed by atoms with Gasteiger partial charge in [-0.15, -0.1) is 0 Å². The lowest BCUT2D eigenvalue weighted by Crippen LogP contribution is -2.28. The first-order valence-corrected chi connectivity index (χ1v) is 7.07. The van der Waals surface area contributed by atoms with Crippen molar-refractivity contribution in [3.8, 4) is 11.5 Å². The van der Waals surface area contributed by atoms with Crippen LogP contribution in [0.15, 0.2) is 18.2 Å². The maximum atomic E-state index is 11.6. The number of hydrogen-bond acceptors (Lipinski definition) is 5. The maximum Gasteiger partial charge on any atom is 0.434 e. The summed E-state index contributed by atoms with van der Waals surface area (Å²) in [4.78, 5) is 11.6. The molecule has 1 aromatic rings. The second kappa shape index (κ2) is 9.07. The Morgan fingerprint density at radius 2 is 2.05 bits per heavy atom. The molecule has 0 fully saturated rings. The van der Waals surface area contributed by atoms with E-state index in [4.69, 9.17) is 9.47 Å². The van der Waals surface area contributed by atoms with Crippen molar-refractivity contribution in [2.75, 3.05) is 13.7 Å². The predicted molar refractivity (Wildman–Crippen MR) is 77.5 cm³/mol. The summed E-state index contributed by atoms with van der Waals surface area (Å²) in [6.45, 7) is 2.37. The van der Waals surface area contributed by atoms with Gasteiger partial charge < -0.3 is 14.6 Å². The zero-order chi connectivity index (χ0) is 15.7. The van der Waals surface area contributed by atoms with Crippen LogP contribution in [-0.4, -0.2) is 35.2 Å². The second-order valence-corrected chi connectivity index (χ2v) is 4.74. The molecule has 0 bridgehead atoms. The van der Waals surface area contributed by atoms with Gasteiger partial charge in [-0.2, -0.15) is 5.06 Å². The number of methoxy groups -OCH3 is 1. The molecule has 0 aromatic heterocycles. The van der Waals surface area contributed by atoms with Gasteiger partial charge in [0, 0.05) is 0 Å². The quantitative estimate of drug-likeness (QED) is 0.437. The Morgan fingerprint density at radius 3 is 2.71 bits per heavy atom. The van der Waals surface area contributed by atoms with Crippen LogP contribution in [0.2, 0.25) is 0 Å². The number of aromatic hydroxyl groups is 1. The molecule has 0 unspecified atom stereocenters. The lowest BCUT2D eigenvalue weighted by atomic mass is 10.2. The fraction of sp³-hybridized carbons (Fsp3) is 0.533. The zero-order valence-electron chi connectivity index (χ0n) is 12.5. The Balaban J connectivity index is 2.41. The molecule has 0 spiro atoms. The normalized spacial score (nSPS) is 10.2. The average molecular weight is 297 g/mol. The van der Waals surface area contributed by atoms with Crippen LogP contribution in [0.1, 0.15) is 38.2 Å². The van der Waals surface area contributed by atoms with Crippen LogP contribution in [0, 0.1) is 0 Å². The predicted octanol–water partition coefficient (Wildman–Crippen LogP) is 3.31. The Kier molecular flexibility index (Phi) is 7.39. The van der Waals surface area contributed by atoms with E-state index in [1.165, 1.54) is 13.2 Å². The average Bonchev–Trinajstić information content (AvgIpc) is 2.48. The van der Waals surface area contributed by atoms with Crippen molar-refractivity contribution in [2.24, 2.45) is 0 Å². The van der Waals surface area contributed by atoms with Crippen molar-refractivity contribution in [1.82, 2.24) is 5.06 Å². The van der Waals surface area contributed by atoms with E-state index in [1.807, 2.05) is 0 Å². The summed E-state index contributed by atoms with van der Waals surface area (Å²) in [5.74, 6) is 0.290. The Morgan fingerprint density at radius 1 is 1.29 bits per heavy atom. The Bertz CT molecular complexity index is 450. The van der Waals surface area contributed by atoms with Crippen molar-refractivity contribution in [1.29, 1.82) is 0 Å². The van der Waals surface area contributed by atoms with E-state index in [1.54, 1.807) is 12.1 Å². The maximum absolute atomic E-state index is 11.6. The van der Waals surface area contributed by atoms with Gasteiger partial charge in [0.05, 0.1) is 20.3 Å². The first kappa shape index (κ1) is 17.1. The number of phenols is 1. The molecule has 1 amide bonds. The highest BCUT2D eigenvalue weighted by Gasteiger charge is 2.13. The van der Waals surface area contributed by atoms with Gasteiger partial charge in [0.1, 0.15) is 0 Å². The molecule has 0 atom stereocenters. The number of rotatable bonds is 8. The van der Waals surface area contributed by atoms with E-state index in [-0.39, 0.29) is 18.0 Å². The minimum Gasteiger partial charge on any atom is -0.504 e. The van der Waals surface area contributed by atoms with Gasteiger partial charge in [0.2, 0.25) is 0 Å². The number of unbranched alkanes of at least 4 members (excludes halogenated alkanes) is 3. The molecule has 0 saturated heterocycles. The van der Waals surface area contributed by atoms with Gasteiger partial charge in [-0.25, -0.2) is 4.79 Å². The molecule has 6 heteroatoms. The van der Waals surface area contributed by atoms with E-state index >= 15 is 0 Å². The SMILES string of the molecule is CCCCCCOC(=O)N(O)Cc1ccc(O)c(OC)c1. The first-order valence-electron chi connectivity index (χ1n) is 7.07. The van der Waals surface area contributed by atoms with Gasteiger partial charge in [-0.1, -0.05) is 32.3 Å². The third-order valence-electron chi connectivity index (χ3n) is 3.01. The van der Waals surface area contributed by atoms with E-state index in [2.05, 4.69) is 6.92 Å². The lowest BCUT2D eigenvalue weighted by Gasteiger charge is -2.15. The number of ether oxygens (including phenoxy) is 2. The number of amides is 1. The van der Waals surface area contributed by atoms with Crippen molar-refractivity contribution in [3.05, 3.63) is 23.8 Å². The summed E-state index contributed by atoms with van der Waals surface area (Å²) in [5.41, 5.74) is 0.620. The molecule has 0 heterocycles. The van der Waals surface area contributed by atoms with Crippen LogP contribution >= 0.6 is 0 Å². The van der Waals surface area contributed by atoms with Crippen LogP contribution < -0.4 is 4.74 Å². The lowest BCUT2D eigenvalue weighted by molar-refractivity contribution is -0.0812. The van der Waals surface area contributed by atoms with Crippen LogP contribution in [0.4, 0.5) is 4.79 Å². The number of phenolic OH excluding ortho intramolecular Hbond substituents is 1. The molecular formula is C15H23NO5. The molecule has 6 nitrogen and oxygen atoms in total. The fourth-order valence-corrected chi connectivity index (χ4v) is 1.82. The minimum atomic E-state index is -0.779. The molecule has 0 aliphatic carbocycles. The molecule has 0 radical (unpaired) electrons. The summed E-state index contributed by atoms with van der Waals surface area (Å²) in [5, 5.41) is 19.6. The molecule has 2 N–H and O–H groups in total. The Hall–Kier alpha value is -1.95. The van der Waals surface area contributed by atoms with Crippen molar-refractivity contribution in [3.63, 3.8) is 0 Å². The molecular weight excluding hydrogens is 274 g/mol.